The maximum atomic E-state index is 13.0. The molecule has 32 heavy (non-hydrogen) atoms. The standard InChI is InChI=1S/C25H38N4O3/c1-23(2,3)21-26-10-7-19(27-21)17-15-25(16-17)8-11-29(12-9-25)20(30)18-13-24(4,14-18)28(5)22(31)32-6/h7,10,17-18H,8-9,11-16H2,1-6H3. The van der Waals surface area contributed by atoms with Gasteiger partial charge in [0.1, 0.15) is 5.82 Å². The Morgan fingerprint density at radius 1 is 1.16 bits per heavy atom. The van der Waals surface area contributed by atoms with E-state index < -0.39 is 0 Å². The average Bonchev–Trinajstić information content (AvgIpc) is 2.73. The van der Waals surface area contributed by atoms with Crippen molar-refractivity contribution in [2.24, 2.45) is 11.3 Å². The highest BCUT2D eigenvalue weighted by atomic mass is 16.5. The van der Waals surface area contributed by atoms with Crippen LogP contribution in [-0.4, -0.2) is 64.6 Å². The molecule has 0 N–H and O–H groups in total. The summed E-state index contributed by atoms with van der Waals surface area (Å²) in [5, 5.41) is 0. The number of aromatic nitrogens is 2. The van der Waals surface area contributed by atoms with E-state index in [-0.39, 0.29) is 28.9 Å². The summed E-state index contributed by atoms with van der Waals surface area (Å²) in [5.41, 5.74) is 1.23. The van der Waals surface area contributed by atoms with Crippen LogP contribution in [-0.2, 0) is 14.9 Å². The number of rotatable bonds is 3. The molecule has 3 aliphatic rings. The molecular formula is C25H38N4O3. The molecule has 7 nitrogen and oxygen atoms in total. The normalized spacial score (nSPS) is 27.4. The number of amides is 2. The van der Waals surface area contributed by atoms with Crippen LogP contribution in [0, 0.1) is 11.3 Å². The van der Waals surface area contributed by atoms with E-state index in [1.165, 1.54) is 25.6 Å². The molecule has 3 fully saturated rings. The Balaban J connectivity index is 1.27. The molecule has 2 amide bonds. The van der Waals surface area contributed by atoms with Crippen molar-refractivity contribution in [3.8, 4) is 0 Å². The van der Waals surface area contributed by atoms with Crippen molar-refractivity contribution >= 4 is 12.0 Å². The van der Waals surface area contributed by atoms with E-state index in [2.05, 4.69) is 36.7 Å². The van der Waals surface area contributed by atoms with Crippen LogP contribution in [0.2, 0.25) is 0 Å². The Morgan fingerprint density at radius 2 is 1.78 bits per heavy atom. The minimum Gasteiger partial charge on any atom is -0.453 e. The third kappa shape index (κ3) is 4.11. The van der Waals surface area contributed by atoms with Gasteiger partial charge >= 0.3 is 6.09 Å². The molecule has 4 rings (SSSR count). The lowest BCUT2D eigenvalue weighted by atomic mass is 9.56. The highest BCUT2D eigenvalue weighted by molar-refractivity contribution is 5.81. The number of nitrogens with zero attached hydrogens (tertiary/aromatic N) is 4. The minimum atomic E-state index is -0.337. The van der Waals surface area contributed by atoms with E-state index in [0.717, 1.165) is 31.8 Å². The molecule has 1 spiro atoms. The van der Waals surface area contributed by atoms with Crippen LogP contribution in [0.5, 0.6) is 0 Å². The highest BCUT2D eigenvalue weighted by Gasteiger charge is 2.52. The van der Waals surface area contributed by atoms with Crippen LogP contribution in [0.4, 0.5) is 4.79 Å². The zero-order valence-electron chi connectivity index (χ0n) is 20.5. The average molecular weight is 443 g/mol. The van der Waals surface area contributed by atoms with Crippen LogP contribution >= 0.6 is 0 Å². The summed E-state index contributed by atoms with van der Waals surface area (Å²) in [6, 6.07) is 2.07. The fourth-order valence-electron chi connectivity index (χ4n) is 5.83. The molecule has 1 aromatic rings. The summed E-state index contributed by atoms with van der Waals surface area (Å²) in [5.74, 6) is 1.72. The van der Waals surface area contributed by atoms with Gasteiger partial charge in [0.2, 0.25) is 5.91 Å². The third-order valence-corrected chi connectivity index (χ3v) is 8.24. The second-order valence-electron chi connectivity index (χ2n) is 11.6. The van der Waals surface area contributed by atoms with E-state index in [9.17, 15) is 9.59 Å². The Morgan fingerprint density at radius 3 is 2.34 bits per heavy atom. The molecule has 2 aliphatic carbocycles. The topological polar surface area (TPSA) is 75.6 Å². The molecule has 1 saturated heterocycles. The first-order valence-corrected chi connectivity index (χ1v) is 11.9. The largest absolute Gasteiger partial charge is 0.453 e. The third-order valence-electron chi connectivity index (χ3n) is 8.24. The summed E-state index contributed by atoms with van der Waals surface area (Å²) >= 11 is 0. The summed E-state index contributed by atoms with van der Waals surface area (Å²) in [4.78, 5) is 37.9. The van der Waals surface area contributed by atoms with Gasteiger partial charge in [0.25, 0.3) is 0 Å². The van der Waals surface area contributed by atoms with Gasteiger partial charge in [-0.3, -0.25) is 4.79 Å². The summed E-state index contributed by atoms with van der Waals surface area (Å²) in [6.45, 7) is 10.2. The lowest BCUT2D eigenvalue weighted by Gasteiger charge is -2.54. The Bertz CT molecular complexity index is 871. The molecule has 2 heterocycles. The van der Waals surface area contributed by atoms with Gasteiger partial charge in [-0.05, 0) is 56.9 Å². The lowest BCUT2D eigenvalue weighted by molar-refractivity contribution is -0.147. The van der Waals surface area contributed by atoms with Gasteiger partial charge in [-0.15, -0.1) is 0 Å². The van der Waals surface area contributed by atoms with Crippen LogP contribution in [0.1, 0.15) is 83.7 Å². The summed E-state index contributed by atoms with van der Waals surface area (Å²) in [6.07, 6.45) is 7.49. The molecule has 0 bridgehead atoms. The highest BCUT2D eigenvalue weighted by Crippen LogP contribution is 2.56. The van der Waals surface area contributed by atoms with Crippen LogP contribution < -0.4 is 0 Å². The van der Waals surface area contributed by atoms with Crippen molar-refractivity contribution in [2.45, 2.75) is 83.1 Å². The number of likely N-dealkylation sites (tertiary alicyclic amines) is 1. The van der Waals surface area contributed by atoms with Gasteiger partial charge in [0.05, 0.1) is 7.11 Å². The van der Waals surface area contributed by atoms with E-state index in [4.69, 9.17) is 9.72 Å². The predicted octanol–water partition coefficient (Wildman–Crippen LogP) is 4.13. The molecular weight excluding hydrogens is 404 g/mol. The Labute approximate surface area is 191 Å². The minimum absolute atomic E-state index is 0.0205. The molecule has 1 aliphatic heterocycles. The zero-order valence-corrected chi connectivity index (χ0v) is 20.5. The number of hydrogen-bond donors (Lipinski definition) is 0. The van der Waals surface area contributed by atoms with E-state index in [1.54, 1.807) is 11.9 Å². The number of ether oxygens (including phenoxy) is 1. The second-order valence-corrected chi connectivity index (χ2v) is 11.6. The van der Waals surface area contributed by atoms with Crippen LogP contribution in [0.3, 0.4) is 0 Å². The van der Waals surface area contributed by atoms with Crippen molar-refractivity contribution in [3.63, 3.8) is 0 Å². The quantitative estimate of drug-likeness (QED) is 0.704. The molecule has 1 aromatic heterocycles. The Kier molecular flexibility index (Phi) is 5.74. The molecule has 176 valence electrons. The van der Waals surface area contributed by atoms with Gasteiger partial charge in [-0.1, -0.05) is 20.8 Å². The number of carbonyl (C=O) groups excluding carboxylic acids is 2. The fraction of sp³-hybridized carbons (Fsp3) is 0.760. The van der Waals surface area contributed by atoms with E-state index >= 15 is 0 Å². The molecule has 7 heteroatoms. The molecule has 0 aromatic carbocycles. The second kappa shape index (κ2) is 7.99. The van der Waals surface area contributed by atoms with E-state index in [0.29, 0.717) is 24.2 Å². The SMILES string of the molecule is COC(=O)N(C)C1(C)CC(C(=O)N2CCC3(CC2)CC(c2ccnc(C(C)(C)C)n2)C3)C1. The van der Waals surface area contributed by atoms with Crippen molar-refractivity contribution in [3.05, 3.63) is 23.8 Å². The zero-order chi connectivity index (χ0) is 23.3. The van der Waals surface area contributed by atoms with E-state index in [1.807, 2.05) is 13.1 Å². The number of piperidine rings is 1. The summed E-state index contributed by atoms with van der Waals surface area (Å²) < 4.78 is 4.84. The number of carbonyl (C=O) groups is 2. The molecule has 0 radical (unpaired) electrons. The first-order chi connectivity index (χ1) is 15.0. The fourth-order valence-corrected chi connectivity index (χ4v) is 5.83. The Hall–Kier alpha value is -2.18. The first kappa shape index (κ1) is 23.0. The molecule has 2 saturated carbocycles. The van der Waals surface area contributed by atoms with Crippen molar-refractivity contribution in [1.82, 2.24) is 19.8 Å². The monoisotopic (exact) mass is 442 g/mol. The van der Waals surface area contributed by atoms with Gasteiger partial charge in [0, 0.05) is 54.8 Å². The van der Waals surface area contributed by atoms with Gasteiger partial charge in [0.15, 0.2) is 0 Å². The molecule has 0 atom stereocenters. The maximum absolute atomic E-state index is 13.0. The number of methoxy groups -OCH3 is 1. The smallest absolute Gasteiger partial charge is 0.409 e. The van der Waals surface area contributed by atoms with Crippen molar-refractivity contribution < 1.29 is 14.3 Å². The first-order valence-electron chi connectivity index (χ1n) is 11.9. The number of hydrogen-bond acceptors (Lipinski definition) is 5. The van der Waals surface area contributed by atoms with Gasteiger partial charge in [-0.25, -0.2) is 14.8 Å². The molecule has 0 unspecified atom stereocenters. The van der Waals surface area contributed by atoms with Crippen molar-refractivity contribution in [1.29, 1.82) is 0 Å². The van der Waals surface area contributed by atoms with Crippen LogP contribution in [0.25, 0.3) is 0 Å². The maximum Gasteiger partial charge on any atom is 0.409 e. The van der Waals surface area contributed by atoms with Crippen molar-refractivity contribution in [2.75, 3.05) is 27.2 Å². The van der Waals surface area contributed by atoms with Gasteiger partial charge < -0.3 is 14.5 Å². The van der Waals surface area contributed by atoms with Gasteiger partial charge in [-0.2, -0.15) is 0 Å². The predicted molar refractivity (Wildman–Crippen MR) is 122 cm³/mol. The summed E-state index contributed by atoms with van der Waals surface area (Å²) in [7, 11) is 3.15. The van der Waals surface area contributed by atoms with Crippen LogP contribution in [0.15, 0.2) is 12.3 Å². The lowest BCUT2D eigenvalue weighted by Crippen LogP contribution is -2.60.